The van der Waals surface area contributed by atoms with E-state index in [2.05, 4.69) is 9.97 Å². The van der Waals surface area contributed by atoms with Crippen LogP contribution in [0.5, 0.6) is 11.6 Å². The third-order valence-corrected chi connectivity index (χ3v) is 1.97. The van der Waals surface area contributed by atoms with Crippen molar-refractivity contribution in [3.63, 3.8) is 0 Å². The highest BCUT2D eigenvalue weighted by molar-refractivity contribution is 5.30. The van der Waals surface area contributed by atoms with E-state index in [1.807, 2.05) is 0 Å². The van der Waals surface area contributed by atoms with Crippen molar-refractivity contribution >= 4 is 0 Å². The number of aromatic nitrogens is 2. The van der Waals surface area contributed by atoms with E-state index in [0.717, 1.165) is 12.4 Å². The van der Waals surface area contributed by atoms with Crippen LogP contribution in [0.15, 0.2) is 30.6 Å². The van der Waals surface area contributed by atoms with Crippen molar-refractivity contribution in [1.29, 1.82) is 0 Å². The first-order chi connectivity index (χ1) is 7.65. The van der Waals surface area contributed by atoms with Gasteiger partial charge in [0.05, 0.1) is 6.07 Å². The van der Waals surface area contributed by atoms with Gasteiger partial charge in [-0.1, -0.05) is 6.07 Å². The summed E-state index contributed by atoms with van der Waals surface area (Å²) in [6, 6.07) is 5.40. The molecule has 0 aliphatic carbocycles. The molecule has 1 heterocycles. The van der Waals surface area contributed by atoms with Gasteiger partial charge >= 0.3 is 0 Å². The monoisotopic (exact) mass is 222 g/mol. The van der Waals surface area contributed by atoms with Crippen LogP contribution >= 0.6 is 0 Å². The second-order valence-corrected chi connectivity index (χ2v) is 3.19. The molecule has 0 saturated heterocycles. The van der Waals surface area contributed by atoms with Crippen LogP contribution in [-0.2, 0) is 0 Å². The summed E-state index contributed by atoms with van der Waals surface area (Å²) >= 11 is 0. The van der Waals surface area contributed by atoms with E-state index in [1.165, 1.54) is 6.07 Å². The average molecular weight is 222 g/mol. The van der Waals surface area contributed by atoms with Gasteiger partial charge in [0.15, 0.2) is 0 Å². The molecule has 0 spiro atoms. The second-order valence-electron chi connectivity index (χ2n) is 3.19. The fourth-order valence-electron chi connectivity index (χ4n) is 1.13. The van der Waals surface area contributed by atoms with Gasteiger partial charge < -0.3 is 4.74 Å². The van der Waals surface area contributed by atoms with Crippen LogP contribution in [0.1, 0.15) is 5.56 Å². The van der Waals surface area contributed by atoms with Crippen molar-refractivity contribution in [2.75, 3.05) is 0 Å². The van der Waals surface area contributed by atoms with E-state index in [0.29, 0.717) is 5.56 Å². The molecule has 82 valence electrons. The molecule has 2 aromatic rings. The molecule has 3 nitrogen and oxygen atoms in total. The van der Waals surface area contributed by atoms with Crippen molar-refractivity contribution in [3.8, 4) is 11.6 Å². The van der Waals surface area contributed by atoms with Gasteiger partial charge in [-0.2, -0.15) is 4.39 Å². The Hall–Kier alpha value is -2.04. The normalized spacial score (nSPS) is 10.2. The molecule has 0 fully saturated rings. The Morgan fingerprint density at radius 3 is 2.62 bits per heavy atom. The third kappa shape index (κ3) is 2.31. The predicted molar refractivity (Wildman–Crippen MR) is 53.2 cm³/mol. The Balaban J connectivity index is 2.24. The SMILES string of the molecule is Cc1ccc(Oc2cc(F)ncn2)cc1F. The summed E-state index contributed by atoms with van der Waals surface area (Å²) in [6.07, 6.45) is 1.04. The Labute approximate surface area is 90.7 Å². The molecule has 0 N–H and O–H groups in total. The van der Waals surface area contributed by atoms with Crippen molar-refractivity contribution in [2.45, 2.75) is 6.92 Å². The highest BCUT2D eigenvalue weighted by Gasteiger charge is 2.03. The zero-order valence-electron chi connectivity index (χ0n) is 8.45. The van der Waals surface area contributed by atoms with Crippen LogP contribution in [0.3, 0.4) is 0 Å². The molecule has 0 saturated carbocycles. The Morgan fingerprint density at radius 2 is 1.94 bits per heavy atom. The summed E-state index contributed by atoms with van der Waals surface area (Å²) in [5.74, 6) is -0.776. The van der Waals surface area contributed by atoms with Crippen LogP contribution in [0.25, 0.3) is 0 Å². The molecule has 5 heteroatoms. The predicted octanol–water partition coefficient (Wildman–Crippen LogP) is 2.86. The number of hydrogen-bond acceptors (Lipinski definition) is 3. The van der Waals surface area contributed by atoms with Gasteiger partial charge in [0.1, 0.15) is 17.9 Å². The summed E-state index contributed by atoms with van der Waals surface area (Å²) in [5, 5.41) is 0. The summed E-state index contributed by atoms with van der Waals surface area (Å²) < 4.78 is 31.0. The molecular weight excluding hydrogens is 214 g/mol. The molecule has 1 aromatic heterocycles. The van der Waals surface area contributed by atoms with E-state index in [1.54, 1.807) is 19.1 Å². The lowest BCUT2D eigenvalue weighted by molar-refractivity contribution is 0.446. The first kappa shape index (κ1) is 10.5. The Kier molecular flexibility index (Phi) is 2.76. The van der Waals surface area contributed by atoms with E-state index in [9.17, 15) is 8.78 Å². The van der Waals surface area contributed by atoms with E-state index >= 15 is 0 Å². The van der Waals surface area contributed by atoms with Gasteiger partial charge in [-0.15, -0.1) is 0 Å². The van der Waals surface area contributed by atoms with Crippen LogP contribution in [0, 0.1) is 18.7 Å². The number of aryl methyl sites for hydroxylation is 1. The topological polar surface area (TPSA) is 35.0 Å². The minimum Gasteiger partial charge on any atom is -0.439 e. The van der Waals surface area contributed by atoms with Gasteiger partial charge in [0.25, 0.3) is 0 Å². The molecule has 0 amide bonds. The first-order valence-corrected chi connectivity index (χ1v) is 4.57. The van der Waals surface area contributed by atoms with Crippen LogP contribution in [0.2, 0.25) is 0 Å². The minimum absolute atomic E-state index is 0.0377. The standard InChI is InChI=1S/C11H8F2N2O/c1-7-2-3-8(4-9(7)12)16-11-5-10(13)14-6-15-11/h2-6H,1H3. The van der Waals surface area contributed by atoms with E-state index in [4.69, 9.17) is 4.74 Å². The third-order valence-electron chi connectivity index (χ3n) is 1.97. The fourth-order valence-corrected chi connectivity index (χ4v) is 1.13. The number of hydrogen-bond donors (Lipinski definition) is 0. The maximum Gasteiger partial charge on any atom is 0.225 e. The highest BCUT2D eigenvalue weighted by atomic mass is 19.1. The van der Waals surface area contributed by atoms with Gasteiger partial charge in [-0.05, 0) is 18.6 Å². The van der Waals surface area contributed by atoms with Crippen LogP contribution < -0.4 is 4.74 Å². The first-order valence-electron chi connectivity index (χ1n) is 4.57. The van der Waals surface area contributed by atoms with Crippen LogP contribution in [-0.4, -0.2) is 9.97 Å². The molecule has 1 aromatic carbocycles. The quantitative estimate of drug-likeness (QED) is 0.733. The van der Waals surface area contributed by atoms with Crippen molar-refractivity contribution in [3.05, 3.63) is 47.9 Å². The van der Waals surface area contributed by atoms with Crippen molar-refractivity contribution in [2.24, 2.45) is 0 Å². The van der Waals surface area contributed by atoms with Gasteiger partial charge in [0.2, 0.25) is 11.8 Å². The molecule has 0 aliphatic heterocycles. The van der Waals surface area contributed by atoms with Crippen molar-refractivity contribution in [1.82, 2.24) is 9.97 Å². The number of halogens is 2. The maximum absolute atomic E-state index is 13.2. The molecule has 2 rings (SSSR count). The summed E-state index contributed by atoms with van der Waals surface area (Å²) in [6.45, 7) is 1.64. The molecule has 0 bridgehead atoms. The lowest BCUT2D eigenvalue weighted by atomic mass is 10.2. The van der Waals surface area contributed by atoms with Gasteiger partial charge in [0, 0.05) is 6.07 Å². The van der Waals surface area contributed by atoms with Gasteiger partial charge in [-0.25, -0.2) is 14.4 Å². The molecule has 0 unspecified atom stereocenters. The lowest BCUT2D eigenvalue weighted by Gasteiger charge is -2.04. The Bertz CT molecular complexity index is 517. The fraction of sp³-hybridized carbons (Fsp3) is 0.0909. The molecular formula is C11H8F2N2O. The van der Waals surface area contributed by atoms with Crippen molar-refractivity contribution < 1.29 is 13.5 Å². The maximum atomic E-state index is 13.2. The molecule has 0 atom stereocenters. The highest BCUT2D eigenvalue weighted by Crippen LogP contribution is 2.21. The number of ether oxygens (including phenoxy) is 1. The zero-order chi connectivity index (χ0) is 11.5. The smallest absolute Gasteiger partial charge is 0.225 e. The lowest BCUT2D eigenvalue weighted by Crippen LogP contribution is -1.92. The molecule has 0 radical (unpaired) electrons. The van der Waals surface area contributed by atoms with E-state index < -0.39 is 5.95 Å². The van der Waals surface area contributed by atoms with E-state index in [-0.39, 0.29) is 17.4 Å². The largest absolute Gasteiger partial charge is 0.439 e. The second kappa shape index (κ2) is 4.22. The summed E-state index contributed by atoms with van der Waals surface area (Å²) in [5.41, 5.74) is 0.515. The zero-order valence-corrected chi connectivity index (χ0v) is 8.45. The van der Waals surface area contributed by atoms with Crippen LogP contribution in [0.4, 0.5) is 8.78 Å². The number of rotatable bonds is 2. The average Bonchev–Trinajstić information content (AvgIpc) is 2.24. The molecule has 16 heavy (non-hydrogen) atoms. The Morgan fingerprint density at radius 1 is 1.12 bits per heavy atom. The number of nitrogens with zero attached hydrogens (tertiary/aromatic N) is 2. The number of benzene rings is 1. The minimum atomic E-state index is -0.697. The van der Waals surface area contributed by atoms with Gasteiger partial charge in [-0.3, -0.25) is 0 Å². The summed E-state index contributed by atoms with van der Waals surface area (Å²) in [4.78, 5) is 6.97. The summed E-state index contributed by atoms with van der Waals surface area (Å²) in [7, 11) is 0. The molecule has 0 aliphatic rings.